The molecule has 0 aromatic carbocycles. The van der Waals surface area contributed by atoms with Crippen molar-refractivity contribution in [1.82, 2.24) is 14.3 Å². The van der Waals surface area contributed by atoms with Crippen LogP contribution in [0.2, 0.25) is 0 Å². The van der Waals surface area contributed by atoms with Gasteiger partial charge in [0.25, 0.3) is 10.2 Å². The Hall–Kier alpha value is -0.420. The monoisotopic (exact) mass is 333 g/mol. The number of alkyl halides is 3. The van der Waals surface area contributed by atoms with E-state index in [0.717, 1.165) is 19.4 Å². The largest absolute Gasteiger partial charge is 0.411 e. The van der Waals surface area contributed by atoms with Crippen LogP contribution in [0.1, 0.15) is 12.8 Å². The van der Waals surface area contributed by atoms with Crippen molar-refractivity contribution in [3.05, 3.63) is 0 Å². The maximum absolute atomic E-state index is 12.0. The molecule has 1 rings (SSSR count). The Balaban J connectivity index is 2.32. The predicted molar refractivity (Wildman–Crippen MR) is 72.0 cm³/mol. The molecule has 0 aromatic rings. The zero-order valence-electron chi connectivity index (χ0n) is 11.9. The zero-order valence-corrected chi connectivity index (χ0v) is 12.8. The Morgan fingerprint density at radius 3 is 2.71 bits per heavy atom. The van der Waals surface area contributed by atoms with Crippen LogP contribution in [-0.2, 0) is 14.9 Å². The summed E-state index contributed by atoms with van der Waals surface area (Å²) in [7, 11) is -1.85. The number of rotatable bonds is 8. The number of halogens is 3. The summed E-state index contributed by atoms with van der Waals surface area (Å²) in [5.41, 5.74) is 0. The number of nitrogens with zero attached hydrogens (tertiary/aromatic N) is 1. The van der Waals surface area contributed by atoms with Gasteiger partial charge < -0.3 is 10.1 Å². The van der Waals surface area contributed by atoms with Gasteiger partial charge in [0.15, 0.2) is 0 Å². The van der Waals surface area contributed by atoms with Crippen LogP contribution in [0.5, 0.6) is 0 Å². The molecule has 0 aromatic heterocycles. The van der Waals surface area contributed by atoms with Crippen molar-refractivity contribution in [1.29, 1.82) is 0 Å². The van der Waals surface area contributed by atoms with E-state index >= 15 is 0 Å². The normalized spacial score (nSPS) is 21.6. The molecule has 0 spiro atoms. The first kappa shape index (κ1) is 18.6. The smallest absolute Gasteiger partial charge is 0.371 e. The third kappa shape index (κ3) is 7.41. The van der Waals surface area contributed by atoms with Gasteiger partial charge in [0.2, 0.25) is 0 Å². The lowest BCUT2D eigenvalue weighted by Crippen LogP contribution is -2.48. The van der Waals surface area contributed by atoms with E-state index in [-0.39, 0.29) is 19.1 Å². The average molecular weight is 333 g/mol. The number of nitrogens with one attached hydrogen (secondary N) is 2. The molecule has 10 heteroatoms. The van der Waals surface area contributed by atoms with E-state index in [4.69, 9.17) is 0 Å². The van der Waals surface area contributed by atoms with Gasteiger partial charge in [-0.3, -0.25) is 0 Å². The molecule has 0 bridgehead atoms. The predicted octanol–water partition coefficient (Wildman–Crippen LogP) is 0.331. The van der Waals surface area contributed by atoms with Gasteiger partial charge >= 0.3 is 6.18 Å². The molecule has 2 N–H and O–H groups in total. The summed E-state index contributed by atoms with van der Waals surface area (Å²) in [6.07, 6.45) is -2.66. The van der Waals surface area contributed by atoms with E-state index in [0.29, 0.717) is 13.1 Å². The lowest BCUT2D eigenvalue weighted by Gasteiger charge is -2.31. The van der Waals surface area contributed by atoms with Crippen molar-refractivity contribution >= 4 is 10.2 Å². The number of ether oxygens (including phenoxy) is 1. The Bertz CT molecular complexity index is 401. The molecule has 6 nitrogen and oxygen atoms in total. The fraction of sp³-hybridized carbons (Fsp3) is 1.00. The Kier molecular flexibility index (Phi) is 7.34. The Labute approximate surface area is 123 Å². The maximum Gasteiger partial charge on any atom is 0.411 e. The Morgan fingerprint density at radius 2 is 2.10 bits per heavy atom. The van der Waals surface area contributed by atoms with E-state index in [1.165, 1.54) is 4.31 Å². The number of hydrogen-bond acceptors (Lipinski definition) is 4. The molecule has 0 aliphatic carbocycles. The third-order valence-electron chi connectivity index (χ3n) is 3.11. The van der Waals surface area contributed by atoms with Gasteiger partial charge in [-0.25, -0.2) is 0 Å². The van der Waals surface area contributed by atoms with Crippen molar-refractivity contribution in [3.63, 3.8) is 0 Å². The van der Waals surface area contributed by atoms with Gasteiger partial charge in [0, 0.05) is 19.6 Å². The second-order valence-electron chi connectivity index (χ2n) is 4.99. The minimum Gasteiger partial charge on any atom is -0.371 e. The van der Waals surface area contributed by atoms with E-state index < -0.39 is 23.0 Å². The summed E-state index contributed by atoms with van der Waals surface area (Å²) in [6, 6.07) is 0. The second kappa shape index (κ2) is 8.28. The van der Waals surface area contributed by atoms with E-state index in [1.54, 1.807) is 0 Å². The van der Waals surface area contributed by atoms with Crippen molar-refractivity contribution in [2.75, 3.05) is 46.4 Å². The molecule has 21 heavy (non-hydrogen) atoms. The molecule has 0 saturated carbocycles. The molecule has 1 heterocycles. The molecule has 1 aliphatic heterocycles. The highest BCUT2D eigenvalue weighted by Crippen LogP contribution is 2.18. The third-order valence-corrected chi connectivity index (χ3v) is 4.69. The van der Waals surface area contributed by atoms with Gasteiger partial charge in [-0.05, 0) is 32.4 Å². The van der Waals surface area contributed by atoms with E-state index in [1.807, 2.05) is 7.05 Å². The highest BCUT2D eigenvalue weighted by molar-refractivity contribution is 7.87. The number of hydrogen-bond donors (Lipinski definition) is 2. The van der Waals surface area contributed by atoms with Crippen LogP contribution in [0.25, 0.3) is 0 Å². The maximum atomic E-state index is 12.0. The van der Waals surface area contributed by atoms with Gasteiger partial charge in [0.05, 0.1) is 6.61 Å². The quantitative estimate of drug-likeness (QED) is 0.628. The first-order valence-electron chi connectivity index (χ1n) is 6.78. The summed E-state index contributed by atoms with van der Waals surface area (Å²) in [5.74, 6) is 0.252. The van der Waals surface area contributed by atoms with Crippen LogP contribution in [0.4, 0.5) is 13.2 Å². The van der Waals surface area contributed by atoms with Crippen LogP contribution in [0.15, 0.2) is 0 Å². The first-order valence-corrected chi connectivity index (χ1v) is 8.22. The van der Waals surface area contributed by atoms with Crippen molar-refractivity contribution in [3.8, 4) is 0 Å². The summed E-state index contributed by atoms with van der Waals surface area (Å²) in [6.45, 7) is -0.278. The molecule has 1 saturated heterocycles. The van der Waals surface area contributed by atoms with Crippen LogP contribution in [-0.4, -0.2) is 65.3 Å². The summed E-state index contributed by atoms with van der Waals surface area (Å²) < 4.78 is 67.5. The van der Waals surface area contributed by atoms with Gasteiger partial charge in [-0.1, -0.05) is 0 Å². The molecule has 126 valence electrons. The van der Waals surface area contributed by atoms with Gasteiger partial charge in [0.1, 0.15) is 6.61 Å². The molecule has 1 aliphatic rings. The molecule has 0 amide bonds. The van der Waals surface area contributed by atoms with Crippen molar-refractivity contribution < 1.29 is 26.3 Å². The number of piperidine rings is 1. The van der Waals surface area contributed by atoms with Crippen LogP contribution in [0, 0.1) is 5.92 Å². The first-order chi connectivity index (χ1) is 9.74. The summed E-state index contributed by atoms with van der Waals surface area (Å²) in [4.78, 5) is 0. The topological polar surface area (TPSA) is 70.7 Å². The second-order valence-corrected chi connectivity index (χ2v) is 6.75. The van der Waals surface area contributed by atoms with Crippen molar-refractivity contribution in [2.24, 2.45) is 5.92 Å². The molecule has 1 unspecified atom stereocenters. The molecule has 1 atom stereocenters. The summed E-state index contributed by atoms with van der Waals surface area (Å²) in [5, 5.41) is 3.01. The van der Waals surface area contributed by atoms with Gasteiger partial charge in [-0.2, -0.15) is 30.6 Å². The fourth-order valence-electron chi connectivity index (χ4n) is 2.22. The molecule has 1 fully saturated rings. The van der Waals surface area contributed by atoms with E-state index in [2.05, 4.69) is 14.8 Å². The van der Waals surface area contributed by atoms with E-state index in [9.17, 15) is 21.6 Å². The molecular formula is C11H22F3N3O3S. The molecule has 0 radical (unpaired) electrons. The fourth-order valence-corrected chi connectivity index (χ4v) is 3.52. The average Bonchev–Trinajstić information content (AvgIpc) is 2.37. The SMILES string of the molecule is CNCC1CCCN(S(=O)(=O)NCCOCC(F)(F)F)C1. The Morgan fingerprint density at radius 1 is 1.38 bits per heavy atom. The highest BCUT2D eigenvalue weighted by atomic mass is 32.2. The highest BCUT2D eigenvalue weighted by Gasteiger charge is 2.29. The van der Waals surface area contributed by atoms with Gasteiger partial charge in [-0.15, -0.1) is 0 Å². The van der Waals surface area contributed by atoms with Crippen LogP contribution >= 0.6 is 0 Å². The van der Waals surface area contributed by atoms with Crippen LogP contribution in [0.3, 0.4) is 0 Å². The van der Waals surface area contributed by atoms with Crippen LogP contribution < -0.4 is 10.0 Å². The molecular weight excluding hydrogens is 311 g/mol. The lowest BCUT2D eigenvalue weighted by atomic mass is 10.00. The summed E-state index contributed by atoms with van der Waals surface area (Å²) >= 11 is 0. The minimum atomic E-state index is -4.40. The lowest BCUT2D eigenvalue weighted by molar-refractivity contribution is -0.173. The zero-order chi connectivity index (χ0) is 15.9. The van der Waals surface area contributed by atoms with Crippen molar-refractivity contribution in [2.45, 2.75) is 19.0 Å². The standard InChI is InChI=1S/C11H22F3N3O3S/c1-15-7-10-3-2-5-17(8-10)21(18,19)16-4-6-20-9-11(12,13)14/h10,15-16H,2-9H2,1H3. The minimum absolute atomic E-state index is 0.175.